The van der Waals surface area contributed by atoms with E-state index in [4.69, 9.17) is 9.47 Å². The average molecular weight is 1020 g/mol. The number of aliphatic hydroxyl groups excluding tert-OH is 5. The molecule has 7 atom stereocenters. The van der Waals surface area contributed by atoms with E-state index in [0.717, 1.165) is 38.5 Å². The molecule has 0 saturated carbocycles. The second-order valence-electron chi connectivity index (χ2n) is 21.8. The zero-order chi connectivity index (χ0) is 52.2. The molecule has 1 fully saturated rings. The topological polar surface area (TPSA) is 149 Å². The maximum atomic E-state index is 13.0. The van der Waals surface area contributed by atoms with Gasteiger partial charge in [-0.15, -0.1) is 0 Å². The summed E-state index contributed by atoms with van der Waals surface area (Å²) in [5.74, 6) is -0.182. The molecule has 0 aromatic carbocycles. The second kappa shape index (κ2) is 52.8. The second-order valence-corrected chi connectivity index (χ2v) is 21.8. The normalized spacial score (nSPS) is 19.3. The van der Waals surface area contributed by atoms with Gasteiger partial charge in [0, 0.05) is 6.42 Å². The van der Waals surface area contributed by atoms with Crippen molar-refractivity contribution in [1.82, 2.24) is 5.32 Å². The van der Waals surface area contributed by atoms with Crippen molar-refractivity contribution in [2.75, 3.05) is 13.2 Å². The van der Waals surface area contributed by atoms with E-state index in [1.807, 2.05) is 6.08 Å². The van der Waals surface area contributed by atoms with Gasteiger partial charge in [-0.25, -0.2) is 0 Å². The van der Waals surface area contributed by atoms with Crippen LogP contribution in [0.1, 0.15) is 303 Å². The first-order chi connectivity index (χ1) is 35.3. The minimum atomic E-state index is -1.57. The molecule has 72 heavy (non-hydrogen) atoms. The third kappa shape index (κ3) is 41.6. The zero-order valence-corrected chi connectivity index (χ0v) is 47.2. The molecule has 0 radical (unpaired) electrons. The van der Waals surface area contributed by atoms with Gasteiger partial charge in [0.1, 0.15) is 24.4 Å². The molecular weight excluding hydrogens is 899 g/mol. The van der Waals surface area contributed by atoms with Gasteiger partial charge in [-0.1, -0.05) is 275 Å². The minimum absolute atomic E-state index is 0.182. The smallest absolute Gasteiger partial charge is 0.220 e. The predicted octanol–water partition coefficient (Wildman–Crippen LogP) is 15.9. The van der Waals surface area contributed by atoms with Crippen LogP contribution in [-0.2, 0) is 14.3 Å². The summed E-state index contributed by atoms with van der Waals surface area (Å²) in [4.78, 5) is 13.0. The number of ether oxygens (including phenoxy) is 2. The van der Waals surface area contributed by atoms with Gasteiger partial charge >= 0.3 is 0 Å². The van der Waals surface area contributed by atoms with Crippen LogP contribution in [0.25, 0.3) is 0 Å². The molecule has 9 nitrogen and oxygen atoms in total. The van der Waals surface area contributed by atoms with Gasteiger partial charge in [-0.3, -0.25) is 4.79 Å². The summed E-state index contributed by atoms with van der Waals surface area (Å²) in [6.07, 6.45) is 62.5. The summed E-state index contributed by atoms with van der Waals surface area (Å²) >= 11 is 0. The lowest BCUT2D eigenvalue weighted by atomic mass is 9.99. The average Bonchev–Trinajstić information content (AvgIpc) is 3.38. The van der Waals surface area contributed by atoms with Gasteiger partial charge < -0.3 is 40.3 Å². The molecular formula is C63H119NO8. The van der Waals surface area contributed by atoms with E-state index in [9.17, 15) is 30.3 Å². The highest BCUT2D eigenvalue weighted by molar-refractivity contribution is 5.76. The molecule has 1 amide bonds. The van der Waals surface area contributed by atoms with Crippen LogP contribution in [0.4, 0.5) is 0 Å². The van der Waals surface area contributed by atoms with E-state index >= 15 is 0 Å². The van der Waals surface area contributed by atoms with E-state index in [2.05, 4.69) is 43.5 Å². The quantitative estimate of drug-likeness (QED) is 0.0261. The van der Waals surface area contributed by atoms with Gasteiger partial charge in [0.05, 0.1) is 25.4 Å². The molecule has 0 spiro atoms. The van der Waals surface area contributed by atoms with Gasteiger partial charge in [0.25, 0.3) is 0 Å². The molecule has 0 bridgehead atoms. The number of hydrogen-bond acceptors (Lipinski definition) is 8. The van der Waals surface area contributed by atoms with Gasteiger partial charge in [-0.05, 0) is 57.8 Å². The molecule has 1 aliphatic rings. The standard InChI is InChI=1S/C63H119NO8/c1-3-5-7-9-11-13-15-17-19-20-21-22-23-24-25-26-27-28-29-30-31-32-33-34-35-36-37-38-39-41-43-45-47-49-51-53-59(67)64-56(55-71-63-62(70)61(69)60(68)58(54-65)72-63)57(66)52-50-48-46-44-42-40-18-16-14-12-10-8-6-4-2/h20-21,42,44,50,52,56-58,60-63,65-66,68-70H,3-19,22-41,43,45-49,51,53-55H2,1-2H3,(H,64,67)/b21-20-,44-42+,52-50+. The number of carbonyl (C=O) groups is 1. The number of hydrogen-bond donors (Lipinski definition) is 6. The van der Waals surface area contributed by atoms with Crippen molar-refractivity contribution in [2.45, 2.75) is 346 Å². The maximum absolute atomic E-state index is 13.0. The van der Waals surface area contributed by atoms with E-state index in [1.54, 1.807) is 6.08 Å². The summed E-state index contributed by atoms with van der Waals surface area (Å²) in [6, 6.07) is -0.819. The lowest BCUT2D eigenvalue weighted by molar-refractivity contribution is -0.302. The number of carbonyl (C=O) groups excluding carboxylic acids is 1. The Morgan fingerprint density at radius 1 is 0.458 bits per heavy atom. The number of rotatable bonds is 54. The fourth-order valence-corrected chi connectivity index (χ4v) is 9.99. The molecule has 1 rings (SSSR count). The van der Waals surface area contributed by atoms with Crippen molar-refractivity contribution in [1.29, 1.82) is 0 Å². The van der Waals surface area contributed by atoms with E-state index in [0.29, 0.717) is 6.42 Å². The summed E-state index contributed by atoms with van der Waals surface area (Å²) in [6.45, 7) is 3.78. The van der Waals surface area contributed by atoms with Crippen LogP contribution >= 0.6 is 0 Å². The molecule has 6 N–H and O–H groups in total. The molecule has 1 aliphatic heterocycles. The largest absolute Gasteiger partial charge is 0.394 e. The number of nitrogens with one attached hydrogen (secondary N) is 1. The number of allylic oxidation sites excluding steroid dienone is 5. The lowest BCUT2D eigenvalue weighted by Gasteiger charge is -2.40. The zero-order valence-electron chi connectivity index (χ0n) is 47.2. The van der Waals surface area contributed by atoms with Crippen molar-refractivity contribution in [3.05, 3.63) is 36.5 Å². The predicted molar refractivity (Wildman–Crippen MR) is 304 cm³/mol. The first-order valence-corrected chi connectivity index (χ1v) is 31.2. The first kappa shape index (κ1) is 68.4. The van der Waals surface area contributed by atoms with Crippen molar-refractivity contribution in [3.63, 3.8) is 0 Å². The Morgan fingerprint density at radius 3 is 1.17 bits per heavy atom. The molecule has 1 heterocycles. The van der Waals surface area contributed by atoms with Crippen LogP contribution in [0.2, 0.25) is 0 Å². The fraction of sp³-hybridized carbons (Fsp3) is 0.889. The van der Waals surface area contributed by atoms with Crippen LogP contribution in [0, 0.1) is 0 Å². The Labute approximate surface area is 444 Å². The van der Waals surface area contributed by atoms with Crippen molar-refractivity contribution < 1.29 is 39.8 Å². The fourth-order valence-electron chi connectivity index (χ4n) is 9.99. The SMILES string of the molecule is CCCCCCCCCC/C=C\CCCCCCCCCCCCCCCCCCCCCCCCCC(=O)NC(COC1OC(CO)C(O)C(O)C1O)C(O)/C=C/CC/C=C/CCCCCCCCCC. The van der Waals surface area contributed by atoms with E-state index in [-0.39, 0.29) is 12.5 Å². The van der Waals surface area contributed by atoms with E-state index < -0.39 is 49.5 Å². The number of aliphatic hydroxyl groups is 5. The number of unbranched alkanes of at least 4 members (excludes halogenated alkanes) is 40. The molecule has 1 saturated heterocycles. The monoisotopic (exact) mass is 1020 g/mol. The summed E-state index contributed by atoms with van der Waals surface area (Å²) < 4.78 is 11.2. The minimum Gasteiger partial charge on any atom is -0.394 e. The highest BCUT2D eigenvalue weighted by Gasteiger charge is 2.44. The Bertz CT molecular complexity index is 1230. The van der Waals surface area contributed by atoms with Crippen LogP contribution < -0.4 is 5.32 Å². The van der Waals surface area contributed by atoms with Gasteiger partial charge in [-0.2, -0.15) is 0 Å². The first-order valence-electron chi connectivity index (χ1n) is 31.2. The van der Waals surface area contributed by atoms with Crippen LogP contribution in [0.5, 0.6) is 0 Å². The third-order valence-electron chi connectivity index (χ3n) is 14.9. The third-order valence-corrected chi connectivity index (χ3v) is 14.9. The van der Waals surface area contributed by atoms with Crippen molar-refractivity contribution in [3.8, 4) is 0 Å². The summed E-state index contributed by atoms with van der Waals surface area (Å²) in [5, 5.41) is 54.4. The van der Waals surface area contributed by atoms with Crippen molar-refractivity contribution >= 4 is 5.91 Å². The Kier molecular flexibility index (Phi) is 50.2. The highest BCUT2D eigenvalue weighted by Crippen LogP contribution is 2.23. The molecule has 0 aromatic rings. The van der Waals surface area contributed by atoms with Crippen LogP contribution in [-0.4, -0.2) is 87.5 Å². The van der Waals surface area contributed by atoms with Crippen LogP contribution in [0.15, 0.2) is 36.5 Å². The number of amides is 1. The van der Waals surface area contributed by atoms with Crippen LogP contribution in [0.3, 0.4) is 0 Å². The Hall–Kier alpha value is -1.59. The molecule has 9 heteroatoms. The molecule has 0 aromatic heterocycles. The van der Waals surface area contributed by atoms with Gasteiger partial charge in [0.2, 0.25) is 5.91 Å². The van der Waals surface area contributed by atoms with E-state index in [1.165, 1.54) is 244 Å². The molecule has 424 valence electrons. The molecule has 7 unspecified atom stereocenters. The van der Waals surface area contributed by atoms with Crippen molar-refractivity contribution in [2.24, 2.45) is 0 Å². The maximum Gasteiger partial charge on any atom is 0.220 e. The summed E-state index contributed by atoms with van der Waals surface area (Å²) in [5.41, 5.74) is 0. The van der Waals surface area contributed by atoms with Gasteiger partial charge in [0.15, 0.2) is 6.29 Å². The highest BCUT2D eigenvalue weighted by atomic mass is 16.7. The molecule has 0 aliphatic carbocycles. The Morgan fingerprint density at radius 2 is 0.792 bits per heavy atom. The summed E-state index contributed by atoms with van der Waals surface area (Å²) in [7, 11) is 0. The Balaban J connectivity index is 2.08. The lowest BCUT2D eigenvalue weighted by Crippen LogP contribution is -2.60.